The Morgan fingerprint density at radius 2 is 1.89 bits per heavy atom. The second kappa shape index (κ2) is 6.73. The number of carbonyl (C=O) groups is 1. The molecule has 1 aromatic rings. The molecule has 0 aliphatic heterocycles. The quantitative estimate of drug-likeness (QED) is 0.667. The molecule has 0 radical (unpaired) electrons. The van der Waals surface area contributed by atoms with Gasteiger partial charge >= 0.3 is 6.09 Å². The van der Waals surface area contributed by atoms with Crippen molar-refractivity contribution < 1.29 is 9.53 Å². The molecule has 1 aromatic carbocycles. The van der Waals surface area contributed by atoms with Crippen molar-refractivity contribution in [3.63, 3.8) is 0 Å². The van der Waals surface area contributed by atoms with Crippen LogP contribution in [-0.2, 0) is 4.74 Å². The molecule has 0 atom stereocenters. The van der Waals surface area contributed by atoms with Crippen LogP contribution < -0.4 is 5.43 Å². The molecule has 4 nitrogen and oxygen atoms in total. The lowest BCUT2D eigenvalue weighted by Crippen LogP contribution is -2.30. The largest absolute Gasteiger partial charge is 0.443 e. The number of benzene rings is 1. The minimum Gasteiger partial charge on any atom is -0.443 e. The molecule has 0 aromatic heterocycles. The van der Waals surface area contributed by atoms with Crippen molar-refractivity contribution in [2.24, 2.45) is 5.10 Å². The van der Waals surface area contributed by atoms with Gasteiger partial charge in [-0.25, -0.2) is 10.2 Å². The molecule has 0 fully saturated rings. The second-order valence-corrected chi connectivity index (χ2v) is 5.11. The molecular formula is C15H20N2O2. The maximum atomic E-state index is 11.4. The third-order valence-electron chi connectivity index (χ3n) is 2.04. The van der Waals surface area contributed by atoms with Gasteiger partial charge in [0, 0.05) is 0 Å². The fourth-order valence-corrected chi connectivity index (χ4v) is 1.25. The molecule has 4 heteroatoms. The summed E-state index contributed by atoms with van der Waals surface area (Å²) in [6.07, 6.45) is 3.20. The number of nitrogens with zero attached hydrogens (tertiary/aromatic N) is 1. The van der Waals surface area contributed by atoms with Crippen molar-refractivity contribution in [2.45, 2.75) is 33.3 Å². The Bertz CT molecular complexity index is 471. The van der Waals surface area contributed by atoms with Gasteiger partial charge in [0.05, 0.1) is 5.71 Å². The number of allylic oxidation sites excluding steroid dienone is 1. The van der Waals surface area contributed by atoms with Crippen LogP contribution in [0.3, 0.4) is 0 Å². The predicted octanol–water partition coefficient (Wildman–Crippen LogP) is 3.60. The van der Waals surface area contributed by atoms with E-state index in [1.807, 2.05) is 42.5 Å². The zero-order valence-electron chi connectivity index (χ0n) is 11.8. The van der Waals surface area contributed by atoms with E-state index in [-0.39, 0.29) is 0 Å². The van der Waals surface area contributed by atoms with E-state index in [0.29, 0.717) is 5.71 Å². The summed E-state index contributed by atoms with van der Waals surface area (Å²) in [4.78, 5) is 11.4. The topological polar surface area (TPSA) is 50.7 Å². The molecule has 0 aliphatic carbocycles. The van der Waals surface area contributed by atoms with Crippen molar-refractivity contribution >= 4 is 17.9 Å². The first-order valence-electron chi connectivity index (χ1n) is 6.13. The summed E-state index contributed by atoms with van der Waals surface area (Å²) in [5, 5.41) is 3.93. The molecule has 1 amide bonds. The van der Waals surface area contributed by atoms with E-state index in [1.165, 1.54) is 0 Å². The van der Waals surface area contributed by atoms with Crippen molar-refractivity contribution in [3.05, 3.63) is 42.0 Å². The van der Waals surface area contributed by atoms with E-state index in [1.54, 1.807) is 27.7 Å². The number of nitrogens with one attached hydrogen (secondary N) is 1. The SMILES string of the molecule is CC(/C=C/c1ccccc1)=N\NC(=O)OC(C)(C)C. The number of hydrazone groups is 1. The van der Waals surface area contributed by atoms with Gasteiger partial charge in [-0.1, -0.05) is 36.4 Å². The Hall–Kier alpha value is -2.10. The summed E-state index contributed by atoms with van der Waals surface area (Å²) in [7, 11) is 0. The summed E-state index contributed by atoms with van der Waals surface area (Å²) in [5.41, 5.74) is 3.60. The molecule has 0 saturated carbocycles. The van der Waals surface area contributed by atoms with Crippen LogP contribution in [-0.4, -0.2) is 17.4 Å². The number of ether oxygens (including phenoxy) is 1. The highest BCUT2D eigenvalue weighted by Gasteiger charge is 2.15. The number of carbonyl (C=O) groups excluding carboxylic acids is 1. The number of hydrogen-bond donors (Lipinski definition) is 1. The van der Waals surface area contributed by atoms with Gasteiger partial charge in [-0.2, -0.15) is 5.10 Å². The van der Waals surface area contributed by atoms with E-state index >= 15 is 0 Å². The van der Waals surface area contributed by atoms with E-state index in [2.05, 4.69) is 10.5 Å². The highest BCUT2D eigenvalue weighted by atomic mass is 16.6. The molecule has 102 valence electrons. The lowest BCUT2D eigenvalue weighted by atomic mass is 10.2. The Morgan fingerprint density at radius 3 is 2.47 bits per heavy atom. The average molecular weight is 260 g/mol. The van der Waals surface area contributed by atoms with Crippen molar-refractivity contribution in [1.82, 2.24) is 5.43 Å². The highest BCUT2D eigenvalue weighted by molar-refractivity contribution is 5.96. The maximum absolute atomic E-state index is 11.4. The maximum Gasteiger partial charge on any atom is 0.428 e. The van der Waals surface area contributed by atoms with Gasteiger partial charge in [-0.3, -0.25) is 0 Å². The predicted molar refractivity (Wildman–Crippen MR) is 78.0 cm³/mol. The van der Waals surface area contributed by atoms with Crippen LogP contribution in [0.5, 0.6) is 0 Å². The third-order valence-corrected chi connectivity index (χ3v) is 2.04. The molecule has 0 heterocycles. The number of hydrogen-bond acceptors (Lipinski definition) is 3. The van der Waals surface area contributed by atoms with Gasteiger partial charge in [0.1, 0.15) is 5.60 Å². The smallest absolute Gasteiger partial charge is 0.428 e. The van der Waals surface area contributed by atoms with Crippen LogP contribution >= 0.6 is 0 Å². The summed E-state index contributed by atoms with van der Waals surface area (Å²) >= 11 is 0. The second-order valence-electron chi connectivity index (χ2n) is 5.11. The Labute approximate surface area is 114 Å². The first-order valence-corrected chi connectivity index (χ1v) is 6.13. The molecule has 0 saturated heterocycles. The van der Waals surface area contributed by atoms with Gasteiger partial charge in [-0.15, -0.1) is 0 Å². The van der Waals surface area contributed by atoms with E-state index < -0.39 is 11.7 Å². The van der Waals surface area contributed by atoms with Crippen LogP contribution in [0.4, 0.5) is 4.79 Å². The van der Waals surface area contributed by atoms with Crippen LogP contribution in [0.2, 0.25) is 0 Å². The van der Waals surface area contributed by atoms with Gasteiger partial charge in [-0.05, 0) is 39.3 Å². The molecule has 19 heavy (non-hydrogen) atoms. The lowest BCUT2D eigenvalue weighted by Gasteiger charge is -2.18. The summed E-state index contributed by atoms with van der Waals surface area (Å²) in [5.74, 6) is 0. The first kappa shape index (κ1) is 15.0. The molecule has 0 aliphatic rings. The van der Waals surface area contributed by atoms with Crippen LogP contribution in [0.15, 0.2) is 41.5 Å². The fourth-order valence-electron chi connectivity index (χ4n) is 1.25. The van der Waals surface area contributed by atoms with Gasteiger partial charge in [0.2, 0.25) is 0 Å². The standard InChI is InChI=1S/C15H20N2O2/c1-12(10-11-13-8-6-5-7-9-13)16-17-14(18)19-15(2,3)4/h5-11H,1-4H3,(H,17,18)/b11-10+,16-12+. The summed E-state index contributed by atoms with van der Waals surface area (Å²) < 4.78 is 5.07. The monoisotopic (exact) mass is 260 g/mol. The zero-order chi connectivity index (χ0) is 14.3. The van der Waals surface area contributed by atoms with E-state index in [0.717, 1.165) is 5.56 Å². The average Bonchev–Trinajstić information content (AvgIpc) is 2.33. The first-order chi connectivity index (χ1) is 8.87. The van der Waals surface area contributed by atoms with Crippen LogP contribution in [0.25, 0.3) is 6.08 Å². The molecular weight excluding hydrogens is 240 g/mol. The number of amides is 1. The molecule has 0 bridgehead atoms. The molecule has 0 spiro atoms. The molecule has 0 unspecified atom stereocenters. The lowest BCUT2D eigenvalue weighted by molar-refractivity contribution is 0.0529. The Kier molecular flexibility index (Phi) is 5.30. The van der Waals surface area contributed by atoms with E-state index in [4.69, 9.17) is 4.74 Å². The van der Waals surface area contributed by atoms with Crippen LogP contribution in [0.1, 0.15) is 33.3 Å². The van der Waals surface area contributed by atoms with Gasteiger partial charge in [0.15, 0.2) is 0 Å². The molecule has 1 N–H and O–H groups in total. The van der Waals surface area contributed by atoms with Crippen molar-refractivity contribution in [1.29, 1.82) is 0 Å². The third kappa shape index (κ3) is 7.03. The Balaban J connectivity index is 2.50. The summed E-state index contributed by atoms with van der Waals surface area (Å²) in [6.45, 7) is 7.21. The molecule has 1 rings (SSSR count). The van der Waals surface area contributed by atoms with Crippen LogP contribution in [0, 0.1) is 0 Å². The van der Waals surface area contributed by atoms with Gasteiger partial charge < -0.3 is 4.74 Å². The number of rotatable bonds is 3. The minimum atomic E-state index is -0.556. The zero-order valence-corrected chi connectivity index (χ0v) is 11.8. The van der Waals surface area contributed by atoms with Gasteiger partial charge in [0.25, 0.3) is 0 Å². The fraction of sp³-hybridized carbons (Fsp3) is 0.333. The van der Waals surface area contributed by atoms with E-state index in [9.17, 15) is 4.79 Å². The van der Waals surface area contributed by atoms with Crippen molar-refractivity contribution in [2.75, 3.05) is 0 Å². The Morgan fingerprint density at radius 1 is 1.26 bits per heavy atom. The summed E-state index contributed by atoms with van der Waals surface area (Å²) in [6, 6.07) is 9.87. The minimum absolute atomic E-state index is 0.520. The van der Waals surface area contributed by atoms with Crippen molar-refractivity contribution in [3.8, 4) is 0 Å². The highest BCUT2D eigenvalue weighted by Crippen LogP contribution is 2.06. The normalized spacial score (nSPS) is 12.5.